The van der Waals surface area contributed by atoms with Crippen molar-refractivity contribution in [2.24, 2.45) is 0 Å². The molecule has 0 radical (unpaired) electrons. The summed E-state index contributed by atoms with van der Waals surface area (Å²) in [6.45, 7) is 2.89. The van der Waals surface area contributed by atoms with Crippen molar-refractivity contribution in [1.29, 1.82) is 0 Å². The fourth-order valence-corrected chi connectivity index (χ4v) is 5.58. The molecule has 0 atom stereocenters. The van der Waals surface area contributed by atoms with E-state index in [1.165, 1.54) is 167 Å². The lowest BCUT2D eigenvalue weighted by molar-refractivity contribution is -0.144. The van der Waals surface area contributed by atoms with Gasteiger partial charge in [-0.05, 0) is 19.3 Å². The van der Waals surface area contributed by atoms with E-state index in [0.29, 0.717) is 19.4 Å². The van der Waals surface area contributed by atoms with Crippen LogP contribution in [0.3, 0.4) is 0 Å². The second-order valence-corrected chi connectivity index (χ2v) is 12.4. The first-order valence-electron chi connectivity index (χ1n) is 18.0. The van der Waals surface area contributed by atoms with E-state index in [0.717, 1.165) is 25.7 Å². The summed E-state index contributed by atoms with van der Waals surface area (Å²) in [6.07, 6.45) is 39.7. The van der Waals surface area contributed by atoms with E-state index in [2.05, 4.69) is 6.92 Å². The molecule has 0 unspecified atom stereocenters. The number of carboxylic acid groups (broad SMARTS) is 1. The molecular weight excluding hydrogens is 496 g/mol. The maximum absolute atomic E-state index is 11.9. The van der Waals surface area contributed by atoms with Gasteiger partial charge in [0.2, 0.25) is 0 Å². The van der Waals surface area contributed by atoms with Crippen molar-refractivity contribution in [2.45, 2.75) is 212 Å². The Balaban J connectivity index is 3.13. The minimum atomic E-state index is -0.660. The van der Waals surface area contributed by atoms with Gasteiger partial charge in [-0.1, -0.05) is 180 Å². The topological polar surface area (TPSA) is 63.6 Å². The summed E-state index contributed by atoms with van der Waals surface area (Å²) < 4.78 is 5.42. The Morgan fingerprint density at radius 2 is 0.675 bits per heavy atom. The molecule has 0 saturated heterocycles. The molecule has 0 aromatic rings. The Morgan fingerprint density at radius 3 is 1.00 bits per heavy atom. The lowest BCUT2D eigenvalue weighted by atomic mass is 10.0. The van der Waals surface area contributed by atoms with Gasteiger partial charge in [-0.3, -0.25) is 9.59 Å². The molecule has 0 aliphatic heterocycles. The molecule has 0 rings (SSSR count). The molecule has 0 bridgehead atoms. The van der Waals surface area contributed by atoms with E-state index < -0.39 is 5.97 Å². The normalized spacial score (nSPS) is 11.2. The Hall–Kier alpha value is -1.06. The zero-order chi connectivity index (χ0) is 29.2. The number of rotatable bonds is 34. The average Bonchev–Trinajstić information content (AvgIpc) is 2.94. The average molecular weight is 567 g/mol. The number of carboxylic acids is 1. The first-order valence-corrected chi connectivity index (χ1v) is 18.0. The van der Waals surface area contributed by atoms with E-state index in [4.69, 9.17) is 9.84 Å². The third-order valence-electron chi connectivity index (χ3n) is 8.28. The van der Waals surface area contributed by atoms with Gasteiger partial charge in [0, 0.05) is 12.8 Å². The Kier molecular flexibility index (Phi) is 33.2. The quantitative estimate of drug-likeness (QED) is 0.0621. The van der Waals surface area contributed by atoms with Crippen LogP contribution in [-0.2, 0) is 14.3 Å². The minimum Gasteiger partial charge on any atom is -0.481 e. The fraction of sp³-hybridized carbons (Fsp3) is 0.944. The molecule has 40 heavy (non-hydrogen) atoms. The number of hydrogen-bond donors (Lipinski definition) is 1. The molecule has 0 aliphatic rings. The van der Waals surface area contributed by atoms with Crippen LogP contribution in [0, 0.1) is 0 Å². The molecule has 0 spiro atoms. The molecular formula is C36H70O4. The second-order valence-electron chi connectivity index (χ2n) is 12.4. The lowest BCUT2D eigenvalue weighted by Crippen LogP contribution is -2.05. The highest BCUT2D eigenvalue weighted by Crippen LogP contribution is 2.15. The van der Waals surface area contributed by atoms with Gasteiger partial charge in [0.25, 0.3) is 0 Å². The smallest absolute Gasteiger partial charge is 0.305 e. The predicted molar refractivity (Wildman–Crippen MR) is 172 cm³/mol. The highest BCUT2D eigenvalue weighted by Gasteiger charge is 2.03. The Morgan fingerprint density at radius 1 is 0.400 bits per heavy atom. The van der Waals surface area contributed by atoms with Crippen LogP contribution in [0.5, 0.6) is 0 Å². The van der Waals surface area contributed by atoms with Gasteiger partial charge in [0.05, 0.1) is 6.61 Å². The maximum Gasteiger partial charge on any atom is 0.305 e. The molecule has 0 amide bonds. The molecule has 0 aromatic carbocycles. The van der Waals surface area contributed by atoms with Gasteiger partial charge >= 0.3 is 11.9 Å². The number of aliphatic carboxylic acids is 1. The zero-order valence-corrected chi connectivity index (χ0v) is 27.0. The molecule has 0 heterocycles. The first-order chi connectivity index (χ1) is 19.7. The van der Waals surface area contributed by atoms with Gasteiger partial charge in [-0.15, -0.1) is 0 Å². The van der Waals surface area contributed by atoms with Gasteiger partial charge in [0.1, 0.15) is 0 Å². The van der Waals surface area contributed by atoms with Gasteiger partial charge in [0.15, 0.2) is 0 Å². The van der Waals surface area contributed by atoms with Crippen LogP contribution in [0.2, 0.25) is 0 Å². The van der Waals surface area contributed by atoms with Crippen molar-refractivity contribution < 1.29 is 19.4 Å². The van der Waals surface area contributed by atoms with E-state index in [-0.39, 0.29) is 5.97 Å². The number of carbonyl (C=O) groups excluding carboxylic acids is 1. The summed E-state index contributed by atoms with van der Waals surface area (Å²) in [4.78, 5) is 22.4. The van der Waals surface area contributed by atoms with Crippen molar-refractivity contribution in [3.63, 3.8) is 0 Å². The van der Waals surface area contributed by atoms with Crippen molar-refractivity contribution in [3.05, 3.63) is 0 Å². The maximum atomic E-state index is 11.9. The van der Waals surface area contributed by atoms with Crippen molar-refractivity contribution in [1.82, 2.24) is 0 Å². The fourth-order valence-electron chi connectivity index (χ4n) is 5.58. The summed E-state index contributed by atoms with van der Waals surface area (Å²) >= 11 is 0. The second kappa shape index (κ2) is 34.1. The molecule has 238 valence electrons. The standard InChI is InChI=1S/C36H70O4/c1-2-3-4-5-6-7-17-21-24-27-30-33-36(39)40-34-31-28-25-22-19-16-14-12-10-8-9-11-13-15-18-20-23-26-29-32-35(37)38/h2-34H2,1H3,(H,37,38). The largest absolute Gasteiger partial charge is 0.481 e. The van der Waals surface area contributed by atoms with Crippen LogP contribution in [0.1, 0.15) is 212 Å². The van der Waals surface area contributed by atoms with E-state index in [9.17, 15) is 9.59 Å². The summed E-state index contributed by atoms with van der Waals surface area (Å²) in [6, 6.07) is 0. The number of ether oxygens (including phenoxy) is 1. The van der Waals surface area contributed by atoms with Crippen molar-refractivity contribution >= 4 is 11.9 Å². The van der Waals surface area contributed by atoms with E-state index in [1.54, 1.807) is 0 Å². The summed E-state index contributed by atoms with van der Waals surface area (Å²) in [7, 11) is 0. The van der Waals surface area contributed by atoms with Gasteiger partial charge in [-0.25, -0.2) is 0 Å². The SMILES string of the molecule is CCCCCCCCCCCCCC(=O)OCCCCCCCCCCCCCCCCCCCCCC(=O)O. The highest BCUT2D eigenvalue weighted by molar-refractivity contribution is 5.69. The number of esters is 1. The minimum absolute atomic E-state index is 0.0117. The summed E-state index contributed by atoms with van der Waals surface area (Å²) in [5, 5.41) is 8.63. The Labute approximate surface area is 250 Å². The third kappa shape index (κ3) is 35.0. The van der Waals surface area contributed by atoms with Crippen LogP contribution >= 0.6 is 0 Å². The summed E-state index contributed by atoms with van der Waals surface area (Å²) in [5.41, 5.74) is 0. The molecule has 4 heteroatoms. The van der Waals surface area contributed by atoms with Crippen molar-refractivity contribution in [3.8, 4) is 0 Å². The van der Waals surface area contributed by atoms with Gasteiger partial charge < -0.3 is 9.84 Å². The molecule has 0 fully saturated rings. The molecule has 4 nitrogen and oxygen atoms in total. The van der Waals surface area contributed by atoms with Crippen LogP contribution in [0.4, 0.5) is 0 Å². The van der Waals surface area contributed by atoms with E-state index >= 15 is 0 Å². The van der Waals surface area contributed by atoms with Crippen LogP contribution in [0.15, 0.2) is 0 Å². The summed E-state index contributed by atoms with van der Waals surface area (Å²) in [5.74, 6) is -0.648. The van der Waals surface area contributed by atoms with E-state index in [1.807, 2.05) is 0 Å². The van der Waals surface area contributed by atoms with Crippen LogP contribution in [-0.4, -0.2) is 23.7 Å². The predicted octanol–water partition coefficient (Wildman–Crippen LogP) is 12.1. The molecule has 0 saturated carbocycles. The van der Waals surface area contributed by atoms with Crippen LogP contribution < -0.4 is 0 Å². The number of hydrogen-bond acceptors (Lipinski definition) is 3. The zero-order valence-electron chi connectivity index (χ0n) is 27.0. The number of carbonyl (C=O) groups is 2. The van der Waals surface area contributed by atoms with Crippen LogP contribution in [0.25, 0.3) is 0 Å². The number of unbranched alkanes of at least 4 members (excludes halogenated alkanes) is 28. The van der Waals surface area contributed by atoms with Crippen molar-refractivity contribution in [2.75, 3.05) is 6.61 Å². The first kappa shape index (κ1) is 38.9. The Bertz CT molecular complexity index is 519. The monoisotopic (exact) mass is 567 g/mol. The third-order valence-corrected chi connectivity index (χ3v) is 8.28. The van der Waals surface area contributed by atoms with Gasteiger partial charge in [-0.2, -0.15) is 0 Å². The molecule has 0 aromatic heterocycles. The highest BCUT2D eigenvalue weighted by atomic mass is 16.5. The molecule has 0 aliphatic carbocycles. The molecule has 1 N–H and O–H groups in total. The lowest BCUT2D eigenvalue weighted by Gasteiger charge is -2.06.